The number of hydrogen-bond acceptors (Lipinski definition) is 3. The molecular formula is C19H28N2S. The summed E-state index contributed by atoms with van der Waals surface area (Å²) in [5.74, 6) is 1.28. The molecule has 22 heavy (non-hydrogen) atoms. The Morgan fingerprint density at radius 3 is 2.36 bits per heavy atom. The fourth-order valence-corrected chi connectivity index (χ4v) is 3.39. The van der Waals surface area contributed by atoms with E-state index in [9.17, 15) is 0 Å². The summed E-state index contributed by atoms with van der Waals surface area (Å²) < 4.78 is 0. The Hall–Kier alpha value is -1.19. The molecule has 3 heteroatoms. The van der Waals surface area contributed by atoms with E-state index in [0.29, 0.717) is 11.8 Å². The number of nitrogens with zero attached hydrogens (tertiary/aromatic N) is 1. The normalized spacial score (nSPS) is 11.6. The van der Waals surface area contributed by atoms with Gasteiger partial charge in [0.1, 0.15) is 0 Å². The summed E-state index contributed by atoms with van der Waals surface area (Å²) in [5, 5.41) is 4.72. The summed E-state index contributed by atoms with van der Waals surface area (Å²) in [6, 6.07) is 8.86. The Labute approximate surface area is 139 Å². The molecular weight excluding hydrogens is 288 g/mol. The zero-order chi connectivity index (χ0) is 16.1. The summed E-state index contributed by atoms with van der Waals surface area (Å²) in [5.41, 5.74) is 3.77. The van der Waals surface area contributed by atoms with E-state index in [0.717, 1.165) is 25.2 Å². The Morgan fingerprint density at radius 2 is 1.77 bits per heavy atom. The number of aromatic nitrogens is 1. The molecule has 0 spiro atoms. The molecule has 1 N–H and O–H groups in total. The number of benzene rings is 1. The standard InChI is InChI=1S/C19H28N2S/c1-13(2)12-20-11-10-18-21-19(15(5)22-18)17-8-6-16(7-9-17)14(3)4/h6-9,13-14,20H,10-12H2,1-5H3. The minimum absolute atomic E-state index is 0.577. The molecule has 2 nitrogen and oxygen atoms in total. The van der Waals surface area contributed by atoms with Crippen LogP contribution in [0.5, 0.6) is 0 Å². The smallest absolute Gasteiger partial charge is 0.0948 e. The number of nitrogens with one attached hydrogen (secondary N) is 1. The molecule has 0 aliphatic heterocycles. The Balaban J connectivity index is 2.02. The van der Waals surface area contributed by atoms with Gasteiger partial charge in [0.2, 0.25) is 0 Å². The number of thiazole rings is 1. The highest BCUT2D eigenvalue weighted by molar-refractivity contribution is 7.12. The summed E-state index contributed by atoms with van der Waals surface area (Å²) in [6.45, 7) is 13.2. The Bertz CT molecular complexity index is 582. The zero-order valence-electron chi connectivity index (χ0n) is 14.4. The van der Waals surface area contributed by atoms with Crippen molar-refractivity contribution in [2.45, 2.75) is 47.0 Å². The van der Waals surface area contributed by atoms with E-state index in [2.05, 4.69) is 64.2 Å². The SMILES string of the molecule is Cc1sc(CCNCC(C)C)nc1-c1ccc(C(C)C)cc1. The molecule has 0 aliphatic rings. The van der Waals surface area contributed by atoms with Gasteiger partial charge in [-0.05, 0) is 30.9 Å². The predicted molar refractivity (Wildman–Crippen MR) is 97.8 cm³/mol. The van der Waals surface area contributed by atoms with E-state index in [-0.39, 0.29) is 0 Å². The molecule has 0 bridgehead atoms. The third-order valence-electron chi connectivity index (χ3n) is 3.76. The first-order chi connectivity index (χ1) is 10.5. The lowest BCUT2D eigenvalue weighted by atomic mass is 10.0. The van der Waals surface area contributed by atoms with E-state index in [4.69, 9.17) is 4.98 Å². The van der Waals surface area contributed by atoms with Gasteiger partial charge in [0.25, 0.3) is 0 Å². The maximum Gasteiger partial charge on any atom is 0.0948 e. The number of aryl methyl sites for hydroxylation is 1. The maximum atomic E-state index is 4.85. The van der Waals surface area contributed by atoms with Crippen molar-refractivity contribution in [2.24, 2.45) is 5.92 Å². The lowest BCUT2D eigenvalue weighted by Crippen LogP contribution is -2.22. The fourth-order valence-electron chi connectivity index (χ4n) is 2.44. The van der Waals surface area contributed by atoms with Crippen LogP contribution < -0.4 is 5.32 Å². The molecule has 0 saturated carbocycles. The van der Waals surface area contributed by atoms with Crippen LogP contribution in [0.25, 0.3) is 11.3 Å². The van der Waals surface area contributed by atoms with Gasteiger partial charge >= 0.3 is 0 Å². The molecule has 1 heterocycles. The van der Waals surface area contributed by atoms with Gasteiger partial charge in [0.15, 0.2) is 0 Å². The van der Waals surface area contributed by atoms with E-state index < -0.39 is 0 Å². The van der Waals surface area contributed by atoms with Crippen molar-refractivity contribution in [3.05, 3.63) is 39.7 Å². The highest BCUT2D eigenvalue weighted by Crippen LogP contribution is 2.28. The summed E-state index contributed by atoms with van der Waals surface area (Å²) in [6.07, 6.45) is 1.02. The van der Waals surface area contributed by atoms with Crippen molar-refractivity contribution in [3.63, 3.8) is 0 Å². The highest BCUT2D eigenvalue weighted by atomic mass is 32.1. The molecule has 0 atom stereocenters. The van der Waals surface area contributed by atoms with Crippen LogP contribution in [0.2, 0.25) is 0 Å². The summed E-state index contributed by atoms with van der Waals surface area (Å²) in [7, 11) is 0. The molecule has 2 rings (SSSR count). The first-order valence-corrected chi connectivity index (χ1v) is 9.06. The van der Waals surface area contributed by atoms with Gasteiger partial charge in [-0.3, -0.25) is 0 Å². The zero-order valence-corrected chi connectivity index (χ0v) is 15.3. The largest absolute Gasteiger partial charge is 0.316 e. The molecule has 0 saturated heterocycles. The molecule has 1 aromatic carbocycles. The minimum Gasteiger partial charge on any atom is -0.316 e. The second kappa shape index (κ2) is 7.89. The van der Waals surface area contributed by atoms with Gasteiger partial charge in [-0.2, -0.15) is 0 Å². The molecule has 120 valence electrons. The van der Waals surface area contributed by atoms with Crippen LogP contribution in [-0.2, 0) is 6.42 Å². The first-order valence-electron chi connectivity index (χ1n) is 8.24. The van der Waals surface area contributed by atoms with Crippen LogP contribution in [0.1, 0.15) is 49.1 Å². The molecule has 1 aromatic heterocycles. The lowest BCUT2D eigenvalue weighted by molar-refractivity contribution is 0.554. The Morgan fingerprint density at radius 1 is 1.09 bits per heavy atom. The maximum absolute atomic E-state index is 4.85. The van der Waals surface area contributed by atoms with Crippen LogP contribution in [0.3, 0.4) is 0 Å². The second-order valence-corrected chi connectivity index (χ2v) is 7.92. The molecule has 0 amide bonds. The van der Waals surface area contributed by atoms with Crippen molar-refractivity contribution >= 4 is 11.3 Å². The van der Waals surface area contributed by atoms with Crippen LogP contribution in [0.15, 0.2) is 24.3 Å². The molecule has 0 radical (unpaired) electrons. The van der Waals surface area contributed by atoms with Gasteiger partial charge in [0, 0.05) is 23.4 Å². The minimum atomic E-state index is 0.577. The van der Waals surface area contributed by atoms with Crippen LogP contribution in [-0.4, -0.2) is 18.1 Å². The summed E-state index contributed by atoms with van der Waals surface area (Å²) >= 11 is 1.83. The quantitative estimate of drug-likeness (QED) is 0.725. The average Bonchev–Trinajstić information content (AvgIpc) is 2.84. The Kier molecular flexibility index (Phi) is 6.16. The van der Waals surface area contributed by atoms with Crippen LogP contribution in [0, 0.1) is 12.8 Å². The van der Waals surface area contributed by atoms with Gasteiger partial charge in [-0.15, -0.1) is 11.3 Å². The third-order valence-corrected chi connectivity index (χ3v) is 4.79. The highest BCUT2D eigenvalue weighted by Gasteiger charge is 2.10. The average molecular weight is 317 g/mol. The second-order valence-electron chi connectivity index (χ2n) is 6.64. The van der Waals surface area contributed by atoms with Gasteiger partial charge in [-0.25, -0.2) is 4.98 Å². The fraction of sp³-hybridized carbons (Fsp3) is 0.526. The van der Waals surface area contributed by atoms with Gasteiger partial charge < -0.3 is 5.32 Å². The molecule has 0 unspecified atom stereocenters. The van der Waals surface area contributed by atoms with E-state index in [1.54, 1.807) is 0 Å². The van der Waals surface area contributed by atoms with E-state index in [1.807, 2.05) is 11.3 Å². The van der Waals surface area contributed by atoms with E-state index in [1.165, 1.54) is 21.0 Å². The number of rotatable bonds is 7. The van der Waals surface area contributed by atoms with Crippen LogP contribution >= 0.6 is 11.3 Å². The monoisotopic (exact) mass is 316 g/mol. The van der Waals surface area contributed by atoms with Gasteiger partial charge in [-0.1, -0.05) is 52.0 Å². The lowest BCUT2D eigenvalue weighted by Gasteiger charge is -2.06. The third kappa shape index (κ3) is 4.65. The van der Waals surface area contributed by atoms with Crippen molar-refractivity contribution in [3.8, 4) is 11.3 Å². The van der Waals surface area contributed by atoms with E-state index >= 15 is 0 Å². The van der Waals surface area contributed by atoms with Crippen molar-refractivity contribution in [1.82, 2.24) is 10.3 Å². The summed E-state index contributed by atoms with van der Waals surface area (Å²) in [4.78, 5) is 6.17. The molecule has 0 fully saturated rings. The first kappa shape index (κ1) is 17.2. The van der Waals surface area contributed by atoms with Crippen LogP contribution in [0.4, 0.5) is 0 Å². The molecule has 2 aromatic rings. The van der Waals surface area contributed by atoms with Crippen molar-refractivity contribution < 1.29 is 0 Å². The molecule has 0 aliphatic carbocycles. The van der Waals surface area contributed by atoms with Crippen molar-refractivity contribution in [1.29, 1.82) is 0 Å². The topological polar surface area (TPSA) is 24.9 Å². The predicted octanol–water partition coefficient (Wildman–Crippen LogP) is 5.03. The van der Waals surface area contributed by atoms with Crippen molar-refractivity contribution in [2.75, 3.05) is 13.1 Å². The van der Waals surface area contributed by atoms with Gasteiger partial charge in [0.05, 0.1) is 10.7 Å². The number of hydrogen-bond donors (Lipinski definition) is 1.